The molecule has 1 unspecified atom stereocenters. The number of nitrogens with one attached hydrogen (secondary N) is 3. The van der Waals surface area contributed by atoms with Crippen molar-refractivity contribution in [2.45, 2.75) is 40.2 Å². The van der Waals surface area contributed by atoms with E-state index in [1.54, 1.807) is 0 Å². The van der Waals surface area contributed by atoms with Crippen molar-refractivity contribution in [1.29, 1.82) is 0 Å². The van der Waals surface area contributed by atoms with E-state index in [9.17, 15) is 0 Å². The maximum atomic E-state index is 4.29. The van der Waals surface area contributed by atoms with Gasteiger partial charge in [-0.3, -0.25) is 4.99 Å². The van der Waals surface area contributed by atoms with Crippen LogP contribution in [-0.2, 0) is 6.42 Å². The SMILES string of the molecule is CN=C(NCCc1c[nH]c2c(C)cccc12)NC(C)C(C)C. The van der Waals surface area contributed by atoms with E-state index in [0.717, 1.165) is 18.9 Å². The third-order valence-corrected chi connectivity index (χ3v) is 4.28. The average Bonchev–Trinajstić information content (AvgIpc) is 2.90. The highest BCUT2D eigenvalue weighted by molar-refractivity contribution is 5.86. The van der Waals surface area contributed by atoms with Crippen LogP contribution in [0.3, 0.4) is 0 Å². The second-order valence-corrected chi connectivity index (χ2v) is 6.24. The number of hydrogen-bond acceptors (Lipinski definition) is 1. The zero-order valence-corrected chi connectivity index (χ0v) is 14.3. The van der Waals surface area contributed by atoms with Crippen molar-refractivity contribution in [1.82, 2.24) is 15.6 Å². The number of guanidine groups is 1. The Morgan fingerprint density at radius 1 is 1.27 bits per heavy atom. The number of benzene rings is 1. The maximum Gasteiger partial charge on any atom is 0.191 e. The van der Waals surface area contributed by atoms with Crippen LogP contribution in [0.4, 0.5) is 0 Å². The van der Waals surface area contributed by atoms with E-state index in [2.05, 4.69) is 72.7 Å². The molecule has 0 amide bonds. The molecule has 1 aromatic heterocycles. The molecule has 0 aliphatic heterocycles. The molecule has 3 N–H and O–H groups in total. The van der Waals surface area contributed by atoms with Crippen LogP contribution in [0.1, 0.15) is 31.9 Å². The van der Waals surface area contributed by atoms with Gasteiger partial charge in [-0.2, -0.15) is 0 Å². The number of aryl methyl sites for hydroxylation is 1. The lowest BCUT2D eigenvalue weighted by Gasteiger charge is -2.20. The monoisotopic (exact) mass is 300 g/mol. The van der Waals surface area contributed by atoms with Gasteiger partial charge >= 0.3 is 0 Å². The van der Waals surface area contributed by atoms with E-state index in [4.69, 9.17) is 0 Å². The average molecular weight is 300 g/mol. The number of para-hydroxylation sites is 1. The highest BCUT2D eigenvalue weighted by atomic mass is 15.2. The number of rotatable bonds is 5. The normalized spacial score (nSPS) is 13.6. The molecule has 4 nitrogen and oxygen atoms in total. The minimum absolute atomic E-state index is 0.405. The van der Waals surface area contributed by atoms with E-state index in [-0.39, 0.29) is 0 Å². The maximum absolute atomic E-state index is 4.29. The van der Waals surface area contributed by atoms with Crippen LogP contribution in [0.15, 0.2) is 29.4 Å². The second kappa shape index (κ2) is 7.34. The molecule has 0 saturated heterocycles. The van der Waals surface area contributed by atoms with Gasteiger partial charge in [0, 0.05) is 36.7 Å². The first-order valence-corrected chi connectivity index (χ1v) is 8.05. The minimum Gasteiger partial charge on any atom is -0.361 e. The summed E-state index contributed by atoms with van der Waals surface area (Å²) < 4.78 is 0. The lowest BCUT2D eigenvalue weighted by Crippen LogP contribution is -2.44. The Hall–Kier alpha value is -1.97. The first kappa shape index (κ1) is 16.4. The molecule has 1 heterocycles. The summed E-state index contributed by atoms with van der Waals surface area (Å²) >= 11 is 0. The molecule has 2 rings (SSSR count). The summed E-state index contributed by atoms with van der Waals surface area (Å²) in [5.74, 6) is 1.45. The van der Waals surface area contributed by atoms with E-state index < -0.39 is 0 Å². The van der Waals surface area contributed by atoms with Crippen molar-refractivity contribution < 1.29 is 0 Å². The Kier molecular flexibility index (Phi) is 5.47. The van der Waals surface area contributed by atoms with Gasteiger partial charge in [-0.05, 0) is 37.3 Å². The van der Waals surface area contributed by atoms with Crippen LogP contribution < -0.4 is 10.6 Å². The number of hydrogen-bond donors (Lipinski definition) is 3. The fraction of sp³-hybridized carbons (Fsp3) is 0.500. The summed E-state index contributed by atoms with van der Waals surface area (Å²) in [6.45, 7) is 9.60. The summed E-state index contributed by atoms with van der Waals surface area (Å²) in [6, 6.07) is 6.84. The molecule has 0 bridgehead atoms. The molecular formula is C18H28N4. The van der Waals surface area contributed by atoms with Crippen molar-refractivity contribution in [3.8, 4) is 0 Å². The molecule has 1 atom stereocenters. The van der Waals surface area contributed by atoms with E-state index >= 15 is 0 Å². The van der Waals surface area contributed by atoms with Crippen LogP contribution in [0.2, 0.25) is 0 Å². The Balaban J connectivity index is 1.93. The van der Waals surface area contributed by atoms with Crippen LogP contribution >= 0.6 is 0 Å². The molecule has 1 aromatic carbocycles. The lowest BCUT2D eigenvalue weighted by molar-refractivity contribution is 0.481. The molecule has 0 aliphatic carbocycles. The van der Waals surface area contributed by atoms with Crippen molar-refractivity contribution >= 4 is 16.9 Å². The van der Waals surface area contributed by atoms with E-state index in [0.29, 0.717) is 12.0 Å². The number of fused-ring (bicyclic) bond motifs is 1. The van der Waals surface area contributed by atoms with Crippen LogP contribution in [0.25, 0.3) is 10.9 Å². The van der Waals surface area contributed by atoms with Gasteiger partial charge in [0.05, 0.1) is 0 Å². The van der Waals surface area contributed by atoms with Gasteiger partial charge in [0.1, 0.15) is 0 Å². The Morgan fingerprint density at radius 2 is 2.05 bits per heavy atom. The fourth-order valence-corrected chi connectivity index (χ4v) is 2.46. The summed E-state index contributed by atoms with van der Waals surface area (Å²) in [4.78, 5) is 7.67. The highest BCUT2D eigenvalue weighted by Crippen LogP contribution is 2.21. The van der Waals surface area contributed by atoms with Crippen molar-refractivity contribution in [2.24, 2.45) is 10.9 Å². The van der Waals surface area contributed by atoms with Crippen molar-refractivity contribution in [2.75, 3.05) is 13.6 Å². The summed E-state index contributed by atoms with van der Waals surface area (Å²) in [6.07, 6.45) is 3.09. The molecule has 0 radical (unpaired) electrons. The molecule has 22 heavy (non-hydrogen) atoms. The quantitative estimate of drug-likeness (QED) is 0.586. The molecule has 4 heteroatoms. The lowest BCUT2D eigenvalue weighted by atomic mass is 10.1. The van der Waals surface area contributed by atoms with Gasteiger partial charge in [-0.25, -0.2) is 0 Å². The zero-order valence-electron chi connectivity index (χ0n) is 14.3. The van der Waals surface area contributed by atoms with E-state index in [1.807, 2.05) is 7.05 Å². The van der Waals surface area contributed by atoms with Crippen LogP contribution in [-0.4, -0.2) is 30.6 Å². The number of aromatic amines is 1. The standard InChI is InChI=1S/C18H28N4/c1-12(2)14(4)22-18(19-5)20-10-9-15-11-21-17-13(3)7-6-8-16(15)17/h6-8,11-12,14,21H,9-10H2,1-5H3,(H2,19,20,22). The fourth-order valence-electron chi connectivity index (χ4n) is 2.46. The zero-order chi connectivity index (χ0) is 16.1. The molecule has 0 aliphatic rings. The van der Waals surface area contributed by atoms with Crippen LogP contribution in [0, 0.1) is 12.8 Å². The summed E-state index contributed by atoms with van der Waals surface area (Å²) in [7, 11) is 1.82. The Labute approximate surface area is 133 Å². The third kappa shape index (κ3) is 3.81. The predicted molar refractivity (Wildman–Crippen MR) is 95.5 cm³/mol. The number of nitrogens with zero attached hydrogens (tertiary/aromatic N) is 1. The largest absolute Gasteiger partial charge is 0.361 e. The molecule has 0 spiro atoms. The molecule has 0 fully saturated rings. The second-order valence-electron chi connectivity index (χ2n) is 6.24. The van der Waals surface area contributed by atoms with Gasteiger partial charge in [0.2, 0.25) is 0 Å². The first-order valence-electron chi connectivity index (χ1n) is 8.05. The van der Waals surface area contributed by atoms with Crippen LogP contribution in [0.5, 0.6) is 0 Å². The van der Waals surface area contributed by atoms with Gasteiger partial charge < -0.3 is 15.6 Å². The molecule has 2 aromatic rings. The highest BCUT2D eigenvalue weighted by Gasteiger charge is 2.09. The third-order valence-electron chi connectivity index (χ3n) is 4.28. The number of aliphatic imine (C=N–C) groups is 1. The minimum atomic E-state index is 0.405. The van der Waals surface area contributed by atoms with Gasteiger partial charge in [-0.1, -0.05) is 32.0 Å². The topological polar surface area (TPSA) is 52.2 Å². The summed E-state index contributed by atoms with van der Waals surface area (Å²) in [5, 5.41) is 8.14. The molecule has 120 valence electrons. The number of aromatic nitrogens is 1. The molecular weight excluding hydrogens is 272 g/mol. The Morgan fingerprint density at radius 3 is 2.73 bits per heavy atom. The van der Waals surface area contributed by atoms with E-state index in [1.165, 1.54) is 22.0 Å². The van der Waals surface area contributed by atoms with Crippen molar-refractivity contribution in [3.63, 3.8) is 0 Å². The molecule has 0 saturated carbocycles. The van der Waals surface area contributed by atoms with Crippen molar-refractivity contribution in [3.05, 3.63) is 35.5 Å². The summed E-state index contributed by atoms with van der Waals surface area (Å²) in [5.41, 5.74) is 3.88. The smallest absolute Gasteiger partial charge is 0.191 e. The van der Waals surface area contributed by atoms with Gasteiger partial charge in [-0.15, -0.1) is 0 Å². The first-order chi connectivity index (χ1) is 10.5. The van der Waals surface area contributed by atoms with Gasteiger partial charge in [0.25, 0.3) is 0 Å². The Bertz CT molecular complexity index is 640. The van der Waals surface area contributed by atoms with Gasteiger partial charge in [0.15, 0.2) is 5.96 Å². The number of H-pyrrole nitrogens is 1. The predicted octanol–water partition coefficient (Wildman–Crippen LogP) is 3.23.